The average Bonchev–Trinajstić information content (AvgIpc) is 3.10. The van der Waals surface area contributed by atoms with Crippen LogP contribution in [0.15, 0.2) is 29.8 Å². The van der Waals surface area contributed by atoms with Crippen molar-refractivity contribution in [1.29, 1.82) is 0 Å². The Labute approximate surface area is 149 Å². The SMILES string of the molecule is O=C(NCc1cccc(Cl)c1Cl)N1CCCC[C@H]1c1nccs1. The molecule has 7 heteroatoms. The minimum atomic E-state index is -0.0825. The number of nitrogens with one attached hydrogen (secondary N) is 1. The Bertz CT molecular complexity index is 678. The number of piperidine rings is 1. The highest BCUT2D eigenvalue weighted by atomic mass is 35.5. The normalized spacial score (nSPS) is 18.0. The number of hydrogen-bond acceptors (Lipinski definition) is 3. The van der Waals surface area contributed by atoms with E-state index in [1.54, 1.807) is 23.6 Å². The van der Waals surface area contributed by atoms with Crippen molar-refractivity contribution < 1.29 is 4.79 Å². The van der Waals surface area contributed by atoms with Gasteiger partial charge in [-0.3, -0.25) is 0 Å². The minimum Gasteiger partial charge on any atom is -0.334 e. The van der Waals surface area contributed by atoms with Crippen LogP contribution in [0.25, 0.3) is 0 Å². The molecule has 1 saturated heterocycles. The molecular weight excluding hydrogens is 353 g/mol. The third kappa shape index (κ3) is 3.79. The number of carbonyl (C=O) groups is 1. The highest BCUT2D eigenvalue weighted by molar-refractivity contribution is 7.09. The fourth-order valence-electron chi connectivity index (χ4n) is 2.79. The summed E-state index contributed by atoms with van der Waals surface area (Å²) in [4.78, 5) is 18.8. The van der Waals surface area contributed by atoms with Crippen LogP contribution in [-0.4, -0.2) is 22.5 Å². The van der Waals surface area contributed by atoms with Gasteiger partial charge < -0.3 is 10.2 Å². The maximum Gasteiger partial charge on any atom is 0.318 e. The molecule has 1 atom stereocenters. The van der Waals surface area contributed by atoms with Gasteiger partial charge in [-0.25, -0.2) is 9.78 Å². The maximum atomic E-state index is 12.6. The van der Waals surface area contributed by atoms with E-state index in [-0.39, 0.29) is 12.1 Å². The van der Waals surface area contributed by atoms with Crippen LogP contribution in [0.2, 0.25) is 10.0 Å². The summed E-state index contributed by atoms with van der Waals surface area (Å²) in [6.45, 7) is 1.11. The van der Waals surface area contributed by atoms with Gasteiger partial charge in [0, 0.05) is 24.7 Å². The number of likely N-dealkylation sites (tertiary alicyclic amines) is 1. The molecule has 1 aliphatic heterocycles. The van der Waals surface area contributed by atoms with Crippen molar-refractivity contribution in [3.05, 3.63) is 50.4 Å². The number of hydrogen-bond donors (Lipinski definition) is 1. The summed E-state index contributed by atoms with van der Waals surface area (Å²) in [5.41, 5.74) is 0.815. The van der Waals surface area contributed by atoms with Crippen molar-refractivity contribution in [3.63, 3.8) is 0 Å². The van der Waals surface area contributed by atoms with Gasteiger partial charge >= 0.3 is 6.03 Å². The molecular formula is C16H17Cl2N3OS. The van der Waals surface area contributed by atoms with Gasteiger partial charge in [-0.05, 0) is 30.9 Å². The van der Waals surface area contributed by atoms with Crippen LogP contribution in [0.3, 0.4) is 0 Å². The van der Waals surface area contributed by atoms with Crippen molar-refractivity contribution in [2.75, 3.05) is 6.54 Å². The van der Waals surface area contributed by atoms with Crippen LogP contribution in [-0.2, 0) is 6.54 Å². The monoisotopic (exact) mass is 369 g/mol. The van der Waals surface area contributed by atoms with Gasteiger partial charge in [0.2, 0.25) is 0 Å². The number of benzene rings is 1. The van der Waals surface area contributed by atoms with Crippen molar-refractivity contribution >= 4 is 40.6 Å². The van der Waals surface area contributed by atoms with E-state index in [1.807, 2.05) is 22.4 Å². The molecule has 0 spiro atoms. The second-order valence-electron chi connectivity index (χ2n) is 5.45. The number of amides is 2. The molecule has 0 radical (unpaired) electrons. The molecule has 3 rings (SSSR count). The Morgan fingerprint density at radius 3 is 3.04 bits per heavy atom. The third-order valence-corrected chi connectivity index (χ3v) is 5.70. The van der Waals surface area contributed by atoms with E-state index in [1.165, 1.54) is 0 Å². The van der Waals surface area contributed by atoms with Crippen molar-refractivity contribution in [2.45, 2.75) is 31.8 Å². The Kier molecular flexibility index (Phi) is 5.41. The van der Waals surface area contributed by atoms with E-state index < -0.39 is 0 Å². The lowest BCUT2D eigenvalue weighted by Gasteiger charge is -2.34. The number of thiazole rings is 1. The highest BCUT2D eigenvalue weighted by Crippen LogP contribution is 2.32. The molecule has 4 nitrogen and oxygen atoms in total. The summed E-state index contributed by atoms with van der Waals surface area (Å²) in [6.07, 6.45) is 4.89. The zero-order chi connectivity index (χ0) is 16.2. The number of halogens is 2. The van der Waals surface area contributed by atoms with E-state index in [4.69, 9.17) is 23.2 Å². The van der Waals surface area contributed by atoms with Crippen LogP contribution in [0.4, 0.5) is 4.79 Å². The summed E-state index contributed by atoms with van der Waals surface area (Å²) in [6, 6.07) is 5.41. The van der Waals surface area contributed by atoms with Crippen molar-refractivity contribution in [1.82, 2.24) is 15.2 Å². The van der Waals surface area contributed by atoms with E-state index in [2.05, 4.69) is 10.3 Å². The van der Waals surface area contributed by atoms with Gasteiger partial charge in [0.15, 0.2) is 0 Å². The average molecular weight is 370 g/mol. The first-order valence-electron chi connectivity index (χ1n) is 7.53. The van der Waals surface area contributed by atoms with Crippen molar-refractivity contribution in [2.24, 2.45) is 0 Å². The van der Waals surface area contributed by atoms with Gasteiger partial charge in [-0.1, -0.05) is 35.3 Å². The summed E-state index contributed by atoms with van der Waals surface area (Å²) in [7, 11) is 0. The molecule has 2 heterocycles. The standard InChI is InChI=1S/C16H17Cl2N3OS/c17-12-5-3-4-11(14(12)18)10-20-16(22)21-8-2-1-6-13(21)15-19-7-9-23-15/h3-5,7,9,13H,1-2,6,8,10H2,(H,20,22)/t13-/m0/s1. The molecule has 1 aromatic heterocycles. The molecule has 0 aliphatic carbocycles. The number of carbonyl (C=O) groups excluding carboxylic acids is 1. The number of aromatic nitrogens is 1. The summed E-state index contributed by atoms with van der Waals surface area (Å²) < 4.78 is 0. The van der Waals surface area contributed by atoms with Gasteiger partial charge in [0.25, 0.3) is 0 Å². The molecule has 2 aromatic rings. The summed E-state index contributed by atoms with van der Waals surface area (Å²) >= 11 is 13.8. The van der Waals surface area contributed by atoms with Crippen LogP contribution < -0.4 is 5.32 Å². The molecule has 1 N–H and O–H groups in total. The molecule has 0 unspecified atom stereocenters. The van der Waals surface area contributed by atoms with Gasteiger partial charge in [-0.2, -0.15) is 0 Å². The molecule has 0 bridgehead atoms. The molecule has 122 valence electrons. The lowest BCUT2D eigenvalue weighted by atomic mass is 10.0. The van der Waals surface area contributed by atoms with E-state index in [9.17, 15) is 4.79 Å². The predicted octanol–water partition coefficient (Wildman–Crippen LogP) is 4.89. The topological polar surface area (TPSA) is 45.2 Å². The molecule has 23 heavy (non-hydrogen) atoms. The fourth-order valence-corrected chi connectivity index (χ4v) is 3.96. The smallest absolute Gasteiger partial charge is 0.318 e. The summed E-state index contributed by atoms with van der Waals surface area (Å²) in [5.74, 6) is 0. The molecule has 1 fully saturated rings. The first kappa shape index (κ1) is 16.6. The molecule has 1 aromatic carbocycles. The lowest BCUT2D eigenvalue weighted by Crippen LogP contribution is -2.44. The van der Waals surface area contributed by atoms with Gasteiger partial charge in [-0.15, -0.1) is 11.3 Å². The Hall–Kier alpha value is -1.30. The van der Waals surface area contributed by atoms with Crippen LogP contribution in [0, 0.1) is 0 Å². The second-order valence-corrected chi connectivity index (χ2v) is 7.16. The van der Waals surface area contributed by atoms with Gasteiger partial charge in [0.05, 0.1) is 16.1 Å². The quantitative estimate of drug-likeness (QED) is 0.836. The number of nitrogens with zero attached hydrogens (tertiary/aromatic N) is 2. The fraction of sp³-hybridized carbons (Fsp3) is 0.375. The predicted molar refractivity (Wildman–Crippen MR) is 94.1 cm³/mol. The highest BCUT2D eigenvalue weighted by Gasteiger charge is 2.29. The minimum absolute atomic E-state index is 0.0681. The largest absolute Gasteiger partial charge is 0.334 e. The third-order valence-electron chi connectivity index (χ3n) is 3.96. The van der Waals surface area contributed by atoms with E-state index >= 15 is 0 Å². The first-order chi connectivity index (χ1) is 11.2. The molecule has 1 aliphatic rings. The van der Waals surface area contributed by atoms with Crippen LogP contribution >= 0.6 is 34.5 Å². The van der Waals surface area contributed by atoms with Crippen molar-refractivity contribution in [3.8, 4) is 0 Å². The van der Waals surface area contributed by atoms with E-state index in [0.29, 0.717) is 16.6 Å². The Morgan fingerprint density at radius 2 is 2.26 bits per heavy atom. The number of rotatable bonds is 3. The van der Waals surface area contributed by atoms with Gasteiger partial charge in [0.1, 0.15) is 5.01 Å². The zero-order valence-electron chi connectivity index (χ0n) is 12.5. The Morgan fingerprint density at radius 1 is 1.39 bits per heavy atom. The second kappa shape index (κ2) is 7.51. The zero-order valence-corrected chi connectivity index (χ0v) is 14.8. The molecule has 0 saturated carbocycles. The van der Waals surface area contributed by atoms with Crippen LogP contribution in [0.1, 0.15) is 35.9 Å². The van der Waals surface area contributed by atoms with Crippen LogP contribution in [0.5, 0.6) is 0 Å². The molecule has 2 amide bonds. The first-order valence-corrected chi connectivity index (χ1v) is 9.17. The van der Waals surface area contributed by atoms with E-state index in [0.717, 1.165) is 36.4 Å². The maximum absolute atomic E-state index is 12.6. The number of urea groups is 1. The Balaban J connectivity index is 1.68. The summed E-state index contributed by atoms with van der Waals surface area (Å²) in [5, 5.41) is 6.89. The lowest BCUT2D eigenvalue weighted by molar-refractivity contribution is 0.151.